The minimum atomic E-state index is -0.553. The molecule has 32 heavy (non-hydrogen) atoms. The first-order chi connectivity index (χ1) is 15.4. The highest BCUT2D eigenvalue weighted by molar-refractivity contribution is 7.98. The number of benzene rings is 2. The zero-order chi connectivity index (χ0) is 22.6. The molecule has 6 nitrogen and oxygen atoms in total. The van der Waals surface area contributed by atoms with Crippen LogP contribution in [0.15, 0.2) is 64.4 Å². The van der Waals surface area contributed by atoms with Crippen LogP contribution in [0.2, 0.25) is 0 Å². The average Bonchev–Trinajstić information content (AvgIpc) is 2.94. The van der Waals surface area contributed by atoms with E-state index in [4.69, 9.17) is 0 Å². The quantitative estimate of drug-likeness (QED) is 0.643. The molecule has 0 saturated heterocycles. The van der Waals surface area contributed by atoms with E-state index < -0.39 is 11.2 Å². The predicted molar refractivity (Wildman–Crippen MR) is 126 cm³/mol. The van der Waals surface area contributed by atoms with Crippen LogP contribution in [-0.2, 0) is 5.75 Å². The molecule has 1 N–H and O–H groups in total. The van der Waals surface area contributed by atoms with E-state index in [-0.39, 0.29) is 23.7 Å². The smallest absolute Gasteiger partial charge is 0.278 e. The molecule has 2 aliphatic heterocycles. The number of thioether (sulfide) groups is 1. The van der Waals surface area contributed by atoms with Gasteiger partial charge in [-0.2, -0.15) is 0 Å². The molecule has 7 heteroatoms. The van der Waals surface area contributed by atoms with Crippen molar-refractivity contribution in [2.24, 2.45) is 0 Å². The summed E-state index contributed by atoms with van der Waals surface area (Å²) in [6, 6.07) is 15.7. The third-order valence-corrected chi connectivity index (χ3v) is 7.57. The van der Waals surface area contributed by atoms with Crippen LogP contribution in [0.25, 0.3) is 0 Å². The van der Waals surface area contributed by atoms with Gasteiger partial charge in [0, 0.05) is 29.0 Å². The van der Waals surface area contributed by atoms with E-state index >= 15 is 0 Å². The van der Waals surface area contributed by atoms with Gasteiger partial charge in [0.2, 0.25) is 5.43 Å². The molecule has 2 aliphatic rings. The Labute approximate surface area is 191 Å². The van der Waals surface area contributed by atoms with E-state index in [1.165, 1.54) is 22.1 Å². The van der Waals surface area contributed by atoms with Gasteiger partial charge in [-0.3, -0.25) is 19.3 Å². The van der Waals surface area contributed by atoms with Crippen molar-refractivity contribution in [2.75, 3.05) is 11.7 Å². The maximum atomic E-state index is 13.2. The van der Waals surface area contributed by atoms with E-state index in [2.05, 4.69) is 48.3 Å². The van der Waals surface area contributed by atoms with Crippen molar-refractivity contribution in [1.29, 1.82) is 0 Å². The normalized spacial score (nSPS) is 17.6. The van der Waals surface area contributed by atoms with Gasteiger partial charge in [-0.25, -0.2) is 0 Å². The fourth-order valence-corrected chi connectivity index (χ4v) is 5.82. The number of nitrogens with zero attached hydrogens (tertiary/aromatic N) is 3. The lowest BCUT2D eigenvalue weighted by Gasteiger charge is -2.45. The largest absolute Gasteiger partial charge is 0.502 e. The van der Waals surface area contributed by atoms with Crippen LogP contribution in [0.5, 0.6) is 5.75 Å². The highest BCUT2D eigenvalue weighted by atomic mass is 32.2. The molecular weight excluding hydrogens is 422 g/mol. The summed E-state index contributed by atoms with van der Waals surface area (Å²) in [7, 11) is 0. The molecule has 0 bridgehead atoms. The maximum Gasteiger partial charge on any atom is 0.278 e. The van der Waals surface area contributed by atoms with Crippen molar-refractivity contribution in [3.8, 4) is 5.75 Å². The van der Waals surface area contributed by atoms with E-state index in [0.717, 1.165) is 16.9 Å². The molecule has 3 aromatic rings. The molecule has 0 spiro atoms. The minimum Gasteiger partial charge on any atom is -0.502 e. The standard InChI is InChI=1S/C25H25N3O3S/c1-15(2)26-14-28(27-12-11-20(29)23(30)22(27)25(26)31)21-18-9-5-4-8-17(18)13-32-24-16(3)7-6-10-19(21)24/h4-12,15,21,30H,13-14H2,1-3H3. The third kappa shape index (κ3) is 3.11. The molecule has 0 saturated carbocycles. The Balaban J connectivity index is 1.80. The molecule has 1 amide bonds. The average molecular weight is 448 g/mol. The maximum absolute atomic E-state index is 13.2. The number of aromatic nitrogens is 1. The number of aryl methyl sites for hydroxylation is 1. The van der Waals surface area contributed by atoms with Gasteiger partial charge in [0.1, 0.15) is 6.67 Å². The molecule has 164 valence electrons. The predicted octanol–water partition coefficient (Wildman–Crippen LogP) is 4.02. The summed E-state index contributed by atoms with van der Waals surface area (Å²) in [5, 5.41) is 12.7. The molecule has 1 atom stereocenters. The lowest BCUT2D eigenvalue weighted by atomic mass is 9.93. The van der Waals surface area contributed by atoms with E-state index in [1.807, 2.05) is 31.7 Å². The Morgan fingerprint density at radius 3 is 2.56 bits per heavy atom. The monoisotopic (exact) mass is 447 g/mol. The van der Waals surface area contributed by atoms with Crippen LogP contribution in [-0.4, -0.2) is 33.3 Å². The number of hydrogen-bond donors (Lipinski definition) is 1. The first-order valence-corrected chi connectivity index (χ1v) is 11.7. The summed E-state index contributed by atoms with van der Waals surface area (Å²) in [5.74, 6) is 0.00814. The molecule has 1 unspecified atom stereocenters. The minimum absolute atomic E-state index is 0.0148. The molecule has 3 heterocycles. The summed E-state index contributed by atoms with van der Waals surface area (Å²) in [4.78, 5) is 28.4. The van der Waals surface area contributed by atoms with Crippen LogP contribution in [0.1, 0.15) is 52.6 Å². The summed E-state index contributed by atoms with van der Waals surface area (Å²) in [6.45, 7) is 6.34. The van der Waals surface area contributed by atoms with Gasteiger partial charge in [0.15, 0.2) is 11.4 Å². The van der Waals surface area contributed by atoms with Crippen molar-refractivity contribution in [3.05, 3.63) is 92.9 Å². The van der Waals surface area contributed by atoms with Gasteiger partial charge in [0.05, 0.1) is 6.04 Å². The molecule has 2 aromatic carbocycles. The van der Waals surface area contributed by atoms with Crippen molar-refractivity contribution in [2.45, 2.75) is 43.5 Å². The van der Waals surface area contributed by atoms with E-state index in [0.29, 0.717) is 6.67 Å². The fourth-order valence-electron chi connectivity index (χ4n) is 4.62. The Morgan fingerprint density at radius 2 is 1.78 bits per heavy atom. The number of pyridine rings is 1. The molecule has 1 aromatic heterocycles. The van der Waals surface area contributed by atoms with Crippen molar-refractivity contribution in [3.63, 3.8) is 0 Å². The Kier molecular flexibility index (Phi) is 5.01. The molecule has 0 fully saturated rings. The number of fused-ring (bicyclic) bond motifs is 3. The van der Waals surface area contributed by atoms with Crippen LogP contribution >= 0.6 is 11.8 Å². The number of amides is 1. The SMILES string of the molecule is Cc1cccc2c1SCc1ccccc1C2N1CN(C(C)C)C(=O)c2c(O)c(=O)ccn21. The fraction of sp³-hybridized carbons (Fsp3) is 0.280. The number of aromatic hydroxyl groups is 1. The highest BCUT2D eigenvalue weighted by Crippen LogP contribution is 2.44. The van der Waals surface area contributed by atoms with Crippen molar-refractivity contribution in [1.82, 2.24) is 9.58 Å². The summed E-state index contributed by atoms with van der Waals surface area (Å²) < 4.78 is 1.67. The van der Waals surface area contributed by atoms with Crippen LogP contribution in [0.4, 0.5) is 0 Å². The van der Waals surface area contributed by atoms with Gasteiger partial charge in [0.25, 0.3) is 5.91 Å². The van der Waals surface area contributed by atoms with Crippen LogP contribution < -0.4 is 10.4 Å². The summed E-state index contributed by atoms with van der Waals surface area (Å²) in [5.41, 5.74) is 4.22. The van der Waals surface area contributed by atoms with Gasteiger partial charge >= 0.3 is 0 Å². The Bertz CT molecular complexity index is 1280. The van der Waals surface area contributed by atoms with Gasteiger partial charge in [-0.05, 0) is 43.0 Å². The first-order valence-electron chi connectivity index (χ1n) is 10.7. The second-order valence-electron chi connectivity index (χ2n) is 8.55. The van der Waals surface area contributed by atoms with Gasteiger partial charge in [-0.1, -0.05) is 42.5 Å². The first kappa shape index (κ1) is 20.7. The lowest BCUT2D eigenvalue weighted by molar-refractivity contribution is 0.0621. The number of carbonyl (C=O) groups is 1. The Morgan fingerprint density at radius 1 is 1.03 bits per heavy atom. The molecule has 0 radical (unpaired) electrons. The van der Waals surface area contributed by atoms with Crippen LogP contribution in [0, 0.1) is 6.92 Å². The molecular formula is C25H25N3O3S. The Hall–Kier alpha value is -3.19. The van der Waals surface area contributed by atoms with Crippen molar-refractivity contribution < 1.29 is 9.90 Å². The molecule has 5 rings (SSSR count). The number of carbonyl (C=O) groups excluding carboxylic acids is 1. The second kappa shape index (κ2) is 7.74. The second-order valence-corrected chi connectivity index (χ2v) is 9.54. The highest BCUT2D eigenvalue weighted by Gasteiger charge is 2.39. The third-order valence-electron chi connectivity index (χ3n) is 6.27. The zero-order valence-electron chi connectivity index (χ0n) is 18.3. The summed E-state index contributed by atoms with van der Waals surface area (Å²) >= 11 is 1.83. The summed E-state index contributed by atoms with van der Waals surface area (Å²) in [6.07, 6.45) is 1.60. The zero-order valence-corrected chi connectivity index (χ0v) is 19.1. The van der Waals surface area contributed by atoms with Crippen molar-refractivity contribution >= 4 is 17.7 Å². The van der Waals surface area contributed by atoms with Gasteiger partial charge < -0.3 is 10.0 Å². The molecule has 0 aliphatic carbocycles. The lowest BCUT2D eigenvalue weighted by Crippen LogP contribution is -2.57. The van der Waals surface area contributed by atoms with E-state index in [9.17, 15) is 14.7 Å². The number of hydrogen-bond acceptors (Lipinski definition) is 5. The number of rotatable bonds is 2. The topological polar surface area (TPSA) is 65.8 Å². The van der Waals surface area contributed by atoms with Gasteiger partial charge in [-0.15, -0.1) is 11.8 Å². The van der Waals surface area contributed by atoms with Crippen LogP contribution in [0.3, 0.4) is 0 Å². The van der Waals surface area contributed by atoms with E-state index in [1.54, 1.807) is 15.8 Å².